The van der Waals surface area contributed by atoms with E-state index in [9.17, 15) is 8.42 Å². The van der Waals surface area contributed by atoms with Gasteiger partial charge in [-0.25, -0.2) is 8.42 Å². The molecule has 0 bridgehead atoms. The van der Waals surface area contributed by atoms with E-state index >= 15 is 0 Å². The molecule has 0 aliphatic rings. The third-order valence-electron chi connectivity index (χ3n) is 2.13. The molecule has 3 nitrogen and oxygen atoms in total. The second-order valence-electron chi connectivity index (χ2n) is 3.97. The summed E-state index contributed by atoms with van der Waals surface area (Å²) in [6.07, 6.45) is 0. The number of aliphatic hydroxyl groups excluding tert-OH is 1. The zero-order valence-electron chi connectivity index (χ0n) is 9.06. The molecule has 1 unspecified atom stereocenters. The van der Waals surface area contributed by atoms with Crippen molar-refractivity contribution >= 4 is 25.8 Å². The Morgan fingerprint density at radius 2 is 2.12 bits per heavy atom. The van der Waals surface area contributed by atoms with E-state index in [4.69, 9.17) is 5.11 Å². The first-order valence-corrected chi connectivity index (χ1v) is 7.60. The van der Waals surface area contributed by atoms with E-state index in [0.717, 1.165) is 10.0 Å². The normalized spacial score (nSPS) is 13.7. The average Bonchev–Trinajstić information content (AvgIpc) is 2.15. The number of sulfone groups is 1. The summed E-state index contributed by atoms with van der Waals surface area (Å²) in [4.78, 5) is 0. The van der Waals surface area contributed by atoms with Gasteiger partial charge < -0.3 is 5.11 Å². The minimum Gasteiger partial charge on any atom is -0.396 e. The molecule has 1 aromatic rings. The predicted octanol–water partition coefficient (Wildman–Crippen LogP) is 1.99. The van der Waals surface area contributed by atoms with E-state index in [1.165, 1.54) is 0 Å². The number of hydrogen-bond acceptors (Lipinski definition) is 3. The van der Waals surface area contributed by atoms with Crippen LogP contribution >= 0.6 is 15.9 Å². The van der Waals surface area contributed by atoms with Gasteiger partial charge in [0, 0.05) is 11.1 Å². The molecule has 0 fully saturated rings. The third-order valence-corrected chi connectivity index (χ3v) is 4.47. The van der Waals surface area contributed by atoms with Crippen molar-refractivity contribution in [3.63, 3.8) is 0 Å². The van der Waals surface area contributed by atoms with Gasteiger partial charge in [0.25, 0.3) is 0 Å². The van der Waals surface area contributed by atoms with Crippen molar-refractivity contribution in [1.29, 1.82) is 0 Å². The highest BCUT2D eigenvalue weighted by atomic mass is 79.9. The molecule has 1 atom stereocenters. The summed E-state index contributed by atoms with van der Waals surface area (Å²) in [6.45, 7) is 1.62. The van der Waals surface area contributed by atoms with Crippen LogP contribution in [0, 0.1) is 5.92 Å². The minimum absolute atomic E-state index is 0.0238. The van der Waals surface area contributed by atoms with Crippen molar-refractivity contribution in [2.24, 2.45) is 5.92 Å². The Morgan fingerprint density at radius 3 is 2.69 bits per heavy atom. The van der Waals surface area contributed by atoms with Crippen molar-refractivity contribution in [3.8, 4) is 0 Å². The Hall–Kier alpha value is -0.390. The third kappa shape index (κ3) is 4.63. The number of rotatable bonds is 5. The van der Waals surface area contributed by atoms with Crippen LogP contribution in [0.15, 0.2) is 28.7 Å². The summed E-state index contributed by atoms with van der Waals surface area (Å²) < 4.78 is 24.4. The summed E-state index contributed by atoms with van der Waals surface area (Å²) in [7, 11) is -3.14. The lowest BCUT2D eigenvalue weighted by atomic mass is 10.2. The molecule has 16 heavy (non-hydrogen) atoms. The monoisotopic (exact) mass is 306 g/mol. The summed E-state index contributed by atoms with van der Waals surface area (Å²) in [5.41, 5.74) is 0.763. The second kappa shape index (κ2) is 5.80. The molecule has 0 spiro atoms. The fourth-order valence-corrected chi connectivity index (χ4v) is 3.65. The Balaban J connectivity index is 2.73. The van der Waals surface area contributed by atoms with Gasteiger partial charge in [0.2, 0.25) is 0 Å². The Labute approximate surface area is 105 Å². The fraction of sp³-hybridized carbons (Fsp3) is 0.455. The van der Waals surface area contributed by atoms with Crippen LogP contribution in [0.1, 0.15) is 12.5 Å². The molecule has 0 aliphatic carbocycles. The largest absolute Gasteiger partial charge is 0.396 e. The molecule has 0 heterocycles. The summed E-state index contributed by atoms with van der Waals surface area (Å²) in [6, 6.07) is 7.24. The van der Waals surface area contributed by atoms with Gasteiger partial charge in [0.15, 0.2) is 9.84 Å². The lowest BCUT2D eigenvalue weighted by Gasteiger charge is -2.09. The Bertz CT molecular complexity index is 442. The van der Waals surface area contributed by atoms with E-state index in [0.29, 0.717) is 0 Å². The van der Waals surface area contributed by atoms with E-state index in [1.54, 1.807) is 19.1 Å². The highest BCUT2D eigenvalue weighted by Gasteiger charge is 2.16. The molecule has 0 saturated carbocycles. The average molecular weight is 307 g/mol. The van der Waals surface area contributed by atoms with Crippen molar-refractivity contribution in [1.82, 2.24) is 0 Å². The van der Waals surface area contributed by atoms with Crippen LogP contribution in [0.4, 0.5) is 0 Å². The highest BCUT2D eigenvalue weighted by molar-refractivity contribution is 9.10. The molecule has 1 rings (SSSR count). The van der Waals surface area contributed by atoms with Crippen LogP contribution < -0.4 is 0 Å². The minimum atomic E-state index is -3.14. The topological polar surface area (TPSA) is 54.4 Å². The molecular weight excluding hydrogens is 292 g/mol. The standard InChI is InChI=1S/C11H15BrO3S/c1-9(6-13)7-16(14,15)8-10-3-2-4-11(12)5-10/h2-5,9,13H,6-8H2,1H3. The van der Waals surface area contributed by atoms with Crippen LogP contribution in [-0.4, -0.2) is 25.9 Å². The molecule has 0 amide bonds. The van der Waals surface area contributed by atoms with E-state index in [2.05, 4.69) is 15.9 Å². The van der Waals surface area contributed by atoms with Crippen molar-refractivity contribution in [3.05, 3.63) is 34.3 Å². The molecule has 0 saturated heterocycles. The van der Waals surface area contributed by atoms with E-state index < -0.39 is 9.84 Å². The van der Waals surface area contributed by atoms with Crippen LogP contribution in [-0.2, 0) is 15.6 Å². The molecule has 1 N–H and O–H groups in total. The van der Waals surface area contributed by atoms with Gasteiger partial charge in [-0.1, -0.05) is 35.0 Å². The van der Waals surface area contributed by atoms with Crippen molar-refractivity contribution < 1.29 is 13.5 Å². The number of aliphatic hydroxyl groups is 1. The number of halogens is 1. The van der Waals surface area contributed by atoms with Gasteiger partial charge >= 0.3 is 0 Å². The summed E-state index contributed by atoms with van der Waals surface area (Å²) in [5, 5.41) is 8.84. The van der Waals surface area contributed by atoms with Gasteiger partial charge in [-0.05, 0) is 23.6 Å². The van der Waals surface area contributed by atoms with Gasteiger partial charge in [-0.15, -0.1) is 0 Å². The quantitative estimate of drug-likeness (QED) is 0.905. The van der Waals surface area contributed by atoms with Gasteiger partial charge in [-0.2, -0.15) is 0 Å². The van der Waals surface area contributed by atoms with Crippen molar-refractivity contribution in [2.75, 3.05) is 12.4 Å². The molecule has 5 heteroatoms. The first-order chi connectivity index (χ1) is 7.43. The van der Waals surface area contributed by atoms with E-state index in [-0.39, 0.29) is 24.0 Å². The highest BCUT2D eigenvalue weighted by Crippen LogP contribution is 2.15. The predicted molar refractivity (Wildman–Crippen MR) is 67.9 cm³/mol. The lowest BCUT2D eigenvalue weighted by Crippen LogP contribution is -2.18. The maximum absolute atomic E-state index is 11.8. The first kappa shape index (κ1) is 13.7. The number of benzene rings is 1. The summed E-state index contributed by atoms with van der Waals surface area (Å²) >= 11 is 3.30. The fourth-order valence-electron chi connectivity index (χ4n) is 1.43. The van der Waals surface area contributed by atoms with Gasteiger partial charge in [0.05, 0.1) is 11.5 Å². The Kier molecular flexibility index (Phi) is 4.95. The Morgan fingerprint density at radius 1 is 1.44 bits per heavy atom. The SMILES string of the molecule is CC(CO)CS(=O)(=O)Cc1cccc(Br)c1. The summed E-state index contributed by atoms with van der Waals surface area (Å²) in [5.74, 6) is -0.163. The van der Waals surface area contributed by atoms with Crippen LogP contribution in [0.3, 0.4) is 0 Å². The first-order valence-electron chi connectivity index (χ1n) is 4.98. The zero-order valence-corrected chi connectivity index (χ0v) is 11.5. The van der Waals surface area contributed by atoms with Crippen LogP contribution in [0.2, 0.25) is 0 Å². The lowest BCUT2D eigenvalue weighted by molar-refractivity contribution is 0.249. The number of hydrogen-bond donors (Lipinski definition) is 1. The smallest absolute Gasteiger partial charge is 0.154 e. The van der Waals surface area contributed by atoms with Gasteiger partial charge in [-0.3, -0.25) is 0 Å². The molecule has 1 aromatic carbocycles. The van der Waals surface area contributed by atoms with Crippen LogP contribution in [0.5, 0.6) is 0 Å². The molecule has 0 aromatic heterocycles. The second-order valence-corrected chi connectivity index (χ2v) is 7.00. The van der Waals surface area contributed by atoms with Crippen LogP contribution in [0.25, 0.3) is 0 Å². The molecule has 0 aliphatic heterocycles. The molecular formula is C11H15BrO3S. The van der Waals surface area contributed by atoms with E-state index in [1.807, 2.05) is 12.1 Å². The molecule has 90 valence electrons. The van der Waals surface area contributed by atoms with Gasteiger partial charge in [0.1, 0.15) is 0 Å². The zero-order chi connectivity index (χ0) is 12.2. The van der Waals surface area contributed by atoms with Crippen molar-refractivity contribution in [2.45, 2.75) is 12.7 Å². The maximum Gasteiger partial charge on any atom is 0.154 e. The molecule has 0 radical (unpaired) electrons. The maximum atomic E-state index is 11.8.